The molecule has 20 heavy (non-hydrogen) atoms. The molecule has 0 fully saturated rings. The number of hydrogen-bond acceptors (Lipinski definition) is 4. The summed E-state index contributed by atoms with van der Waals surface area (Å²) in [5.74, 6) is -0.129. The molecule has 6 nitrogen and oxygen atoms in total. The topological polar surface area (TPSA) is 84.0 Å². The minimum atomic E-state index is -0.246. The average molecular weight is 270 g/mol. The maximum atomic E-state index is 12.0. The summed E-state index contributed by atoms with van der Waals surface area (Å²) >= 11 is 0. The van der Waals surface area contributed by atoms with Crippen molar-refractivity contribution in [3.63, 3.8) is 0 Å². The Morgan fingerprint density at radius 2 is 2.00 bits per heavy atom. The number of aromatic nitrogens is 2. The zero-order valence-electron chi connectivity index (χ0n) is 11.0. The molecule has 0 aliphatic heterocycles. The molecule has 2 heterocycles. The van der Waals surface area contributed by atoms with Gasteiger partial charge in [0.05, 0.1) is 12.2 Å². The van der Waals surface area contributed by atoms with E-state index in [-0.39, 0.29) is 11.8 Å². The van der Waals surface area contributed by atoms with Gasteiger partial charge in [-0.05, 0) is 24.3 Å². The van der Waals surface area contributed by atoms with Crippen LogP contribution in [0.4, 0.5) is 5.82 Å². The van der Waals surface area contributed by atoms with Crippen LogP contribution in [0.15, 0.2) is 42.7 Å². The zero-order valence-corrected chi connectivity index (χ0v) is 11.0. The summed E-state index contributed by atoms with van der Waals surface area (Å²) in [6, 6.07) is 8.60. The smallest absolute Gasteiger partial charge is 0.251 e. The molecule has 2 rings (SSSR count). The van der Waals surface area contributed by atoms with Gasteiger partial charge in [0.2, 0.25) is 5.91 Å². The Kier molecular flexibility index (Phi) is 4.39. The molecular formula is C14H14N4O2. The van der Waals surface area contributed by atoms with Gasteiger partial charge >= 0.3 is 0 Å². The third kappa shape index (κ3) is 3.88. The Bertz CT molecular complexity index is 614. The number of carbonyl (C=O) groups excluding carboxylic acids is 2. The molecule has 102 valence electrons. The van der Waals surface area contributed by atoms with E-state index in [1.807, 2.05) is 18.2 Å². The van der Waals surface area contributed by atoms with Crippen molar-refractivity contribution in [1.82, 2.24) is 15.3 Å². The number of nitrogens with one attached hydrogen (secondary N) is 2. The van der Waals surface area contributed by atoms with Gasteiger partial charge in [0, 0.05) is 24.9 Å². The lowest BCUT2D eigenvalue weighted by atomic mass is 10.2. The molecule has 0 aliphatic rings. The van der Waals surface area contributed by atoms with Crippen molar-refractivity contribution in [1.29, 1.82) is 0 Å². The standard InChI is InChI=1S/C14H14N4O2/c1-10(19)18-13-8-11(5-7-16-13)14(20)17-9-12-4-2-3-6-15-12/h2-8H,9H2,1H3,(H,17,20)(H,16,18,19). The van der Waals surface area contributed by atoms with Gasteiger partial charge in [-0.25, -0.2) is 4.98 Å². The summed E-state index contributed by atoms with van der Waals surface area (Å²) in [7, 11) is 0. The minimum absolute atomic E-state index is 0.233. The molecule has 2 N–H and O–H groups in total. The Hall–Kier alpha value is -2.76. The summed E-state index contributed by atoms with van der Waals surface area (Å²) in [4.78, 5) is 31.0. The lowest BCUT2D eigenvalue weighted by Gasteiger charge is -2.06. The summed E-state index contributed by atoms with van der Waals surface area (Å²) in [6.45, 7) is 1.73. The summed E-state index contributed by atoms with van der Waals surface area (Å²) in [5, 5.41) is 5.29. The van der Waals surface area contributed by atoms with Gasteiger partial charge in [-0.1, -0.05) is 6.07 Å². The monoisotopic (exact) mass is 270 g/mol. The lowest BCUT2D eigenvalue weighted by Crippen LogP contribution is -2.23. The molecule has 0 saturated carbocycles. The molecule has 0 bridgehead atoms. The van der Waals surface area contributed by atoms with E-state index in [0.717, 1.165) is 5.69 Å². The van der Waals surface area contributed by atoms with E-state index in [9.17, 15) is 9.59 Å². The van der Waals surface area contributed by atoms with Crippen molar-refractivity contribution in [3.8, 4) is 0 Å². The van der Waals surface area contributed by atoms with Crippen LogP contribution in [-0.4, -0.2) is 21.8 Å². The van der Waals surface area contributed by atoms with E-state index in [0.29, 0.717) is 17.9 Å². The molecule has 2 aromatic heterocycles. The van der Waals surface area contributed by atoms with E-state index in [1.165, 1.54) is 19.2 Å². The average Bonchev–Trinajstić information content (AvgIpc) is 2.45. The van der Waals surface area contributed by atoms with Crippen LogP contribution >= 0.6 is 0 Å². The summed E-state index contributed by atoms with van der Waals surface area (Å²) in [6.07, 6.45) is 3.14. The molecule has 0 aromatic carbocycles. The molecule has 0 unspecified atom stereocenters. The largest absolute Gasteiger partial charge is 0.346 e. The summed E-state index contributed by atoms with van der Waals surface area (Å²) < 4.78 is 0. The second-order valence-electron chi connectivity index (χ2n) is 4.11. The maximum Gasteiger partial charge on any atom is 0.251 e. The van der Waals surface area contributed by atoms with Gasteiger partial charge < -0.3 is 10.6 Å². The SMILES string of the molecule is CC(=O)Nc1cc(C(=O)NCc2ccccn2)ccn1. The van der Waals surface area contributed by atoms with Crippen molar-refractivity contribution in [2.75, 3.05) is 5.32 Å². The van der Waals surface area contributed by atoms with Gasteiger partial charge in [0.25, 0.3) is 5.91 Å². The van der Waals surface area contributed by atoms with Crippen molar-refractivity contribution >= 4 is 17.6 Å². The Morgan fingerprint density at radius 1 is 1.15 bits per heavy atom. The van der Waals surface area contributed by atoms with E-state index >= 15 is 0 Å². The molecule has 0 saturated heterocycles. The first-order chi connectivity index (χ1) is 9.65. The molecule has 2 amide bonds. The molecule has 6 heteroatoms. The first-order valence-corrected chi connectivity index (χ1v) is 6.07. The lowest BCUT2D eigenvalue weighted by molar-refractivity contribution is -0.114. The molecular weight excluding hydrogens is 256 g/mol. The number of anilines is 1. The minimum Gasteiger partial charge on any atom is -0.346 e. The van der Waals surface area contributed by atoms with Gasteiger partial charge in [-0.15, -0.1) is 0 Å². The van der Waals surface area contributed by atoms with Crippen LogP contribution in [0.2, 0.25) is 0 Å². The van der Waals surface area contributed by atoms with E-state index in [1.54, 1.807) is 12.3 Å². The highest BCUT2D eigenvalue weighted by Gasteiger charge is 2.07. The molecule has 2 aromatic rings. The van der Waals surface area contributed by atoms with Gasteiger partial charge in [-0.3, -0.25) is 14.6 Å². The Morgan fingerprint density at radius 3 is 2.70 bits per heavy atom. The fourth-order valence-electron chi connectivity index (χ4n) is 1.60. The van der Waals surface area contributed by atoms with Gasteiger partial charge in [0.15, 0.2) is 0 Å². The van der Waals surface area contributed by atoms with Crippen molar-refractivity contribution < 1.29 is 9.59 Å². The second kappa shape index (κ2) is 6.42. The molecule has 0 radical (unpaired) electrons. The highest BCUT2D eigenvalue weighted by molar-refractivity contribution is 5.96. The predicted octanol–water partition coefficient (Wildman–Crippen LogP) is 1.36. The van der Waals surface area contributed by atoms with Crippen LogP contribution in [0.25, 0.3) is 0 Å². The predicted molar refractivity (Wildman–Crippen MR) is 73.9 cm³/mol. The van der Waals surface area contributed by atoms with Crippen LogP contribution in [-0.2, 0) is 11.3 Å². The molecule has 0 atom stereocenters. The quantitative estimate of drug-likeness (QED) is 0.878. The number of amides is 2. The van der Waals surface area contributed by atoms with E-state index < -0.39 is 0 Å². The van der Waals surface area contributed by atoms with Crippen LogP contribution in [0, 0.1) is 0 Å². The number of carbonyl (C=O) groups is 2. The first kappa shape index (κ1) is 13.7. The maximum absolute atomic E-state index is 12.0. The van der Waals surface area contributed by atoms with Gasteiger partial charge in [0.1, 0.15) is 5.82 Å². The summed E-state index contributed by atoms with van der Waals surface area (Å²) in [5.41, 5.74) is 1.21. The van der Waals surface area contributed by atoms with Crippen LogP contribution in [0.5, 0.6) is 0 Å². The number of pyridine rings is 2. The van der Waals surface area contributed by atoms with E-state index in [4.69, 9.17) is 0 Å². The van der Waals surface area contributed by atoms with Crippen LogP contribution < -0.4 is 10.6 Å². The van der Waals surface area contributed by atoms with Crippen molar-refractivity contribution in [3.05, 3.63) is 54.0 Å². The van der Waals surface area contributed by atoms with Crippen LogP contribution in [0.1, 0.15) is 23.0 Å². The molecule has 0 aliphatic carbocycles. The Labute approximate surface area is 116 Å². The fraction of sp³-hybridized carbons (Fsp3) is 0.143. The highest BCUT2D eigenvalue weighted by Crippen LogP contribution is 2.07. The third-order valence-corrected chi connectivity index (χ3v) is 2.48. The van der Waals surface area contributed by atoms with E-state index in [2.05, 4.69) is 20.6 Å². The van der Waals surface area contributed by atoms with Crippen LogP contribution in [0.3, 0.4) is 0 Å². The van der Waals surface area contributed by atoms with Gasteiger partial charge in [-0.2, -0.15) is 0 Å². The number of hydrogen-bond donors (Lipinski definition) is 2. The fourth-order valence-corrected chi connectivity index (χ4v) is 1.60. The number of nitrogens with zero attached hydrogens (tertiary/aromatic N) is 2. The highest BCUT2D eigenvalue weighted by atomic mass is 16.2. The van der Waals surface area contributed by atoms with Crippen molar-refractivity contribution in [2.45, 2.75) is 13.5 Å². The normalized spacial score (nSPS) is 9.85. The molecule has 0 spiro atoms. The third-order valence-electron chi connectivity index (χ3n) is 2.48. The Balaban J connectivity index is 2.00. The zero-order chi connectivity index (χ0) is 14.4. The van der Waals surface area contributed by atoms with Crippen molar-refractivity contribution in [2.24, 2.45) is 0 Å². The second-order valence-corrected chi connectivity index (χ2v) is 4.11. The number of rotatable bonds is 4. The first-order valence-electron chi connectivity index (χ1n) is 6.07.